The number of unbranched alkanes of at least 4 members (excludes halogenated alkanes) is 1. The van der Waals surface area contributed by atoms with Gasteiger partial charge in [-0.05, 0) is 53.8 Å². The standard InChI is InChI=1S/C18H34/c1-7-9-10-18(6)14(5)17(18)13(4)16-11-15(8-2)12(16)3/h12-17H,7-11H2,1-6H3. The molecule has 0 aromatic rings. The summed E-state index contributed by atoms with van der Waals surface area (Å²) < 4.78 is 0. The first-order valence-electron chi connectivity index (χ1n) is 8.47. The van der Waals surface area contributed by atoms with Gasteiger partial charge in [-0.2, -0.15) is 0 Å². The second-order valence-corrected chi connectivity index (χ2v) is 7.71. The molecule has 18 heavy (non-hydrogen) atoms. The van der Waals surface area contributed by atoms with E-state index in [1.54, 1.807) is 0 Å². The Labute approximate surface area is 115 Å². The van der Waals surface area contributed by atoms with Gasteiger partial charge in [0.15, 0.2) is 0 Å². The predicted molar refractivity (Wildman–Crippen MR) is 80.5 cm³/mol. The summed E-state index contributed by atoms with van der Waals surface area (Å²) in [4.78, 5) is 0. The third-order valence-electron chi connectivity index (χ3n) is 7.06. The molecule has 0 aromatic heterocycles. The molecule has 2 saturated carbocycles. The molecule has 0 bridgehead atoms. The fourth-order valence-electron chi connectivity index (χ4n) is 5.28. The van der Waals surface area contributed by atoms with Crippen molar-refractivity contribution in [2.75, 3.05) is 0 Å². The Kier molecular flexibility index (Phi) is 4.14. The molecule has 2 aliphatic rings. The van der Waals surface area contributed by atoms with Crippen LogP contribution in [0.25, 0.3) is 0 Å². The lowest BCUT2D eigenvalue weighted by atomic mass is 9.59. The molecule has 0 spiro atoms. The van der Waals surface area contributed by atoms with Crippen LogP contribution in [-0.2, 0) is 0 Å². The summed E-state index contributed by atoms with van der Waals surface area (Å²) in [6.07, 6.45) is 7.19. The monoisotopic (exact) mass is 250 g/mol. The average Bonchev–Trinajstić information content (AvgIpc) is 2.88. The molecule has 0 amide bonds. The molecule has 106 valence electrons. The van der Waals surface area contributed by atoms with Crippen molar-refractivity contribution in [3.63, 3.8) is 0 Å². The molecule has 0 heteroatoms. The minimum Gasteiger partial charge on any atom is -0.0654 e. The summed E-state index contributed by atoms with van der Waals surface area (Å²) in [6.45, 7) is 14.8. The van der Waals surface area contributed by atoms with Crippen molar-refractivity contribution in [3.05, 3.63) is 0 Å². The van der Waals surface area contributed by atoms with Crippen LogP contribution in [-0.4, -0.2) is 0 Å². The van der Waals surface area contributed by atoms with Gasteiger partial charge in [0.1, 0.15) is 0 Å². The van der Waals surface area contributed by atoms with Crippen LogP contribution >= 0.6 is 0 Å². The third kappa shape index (κ3) is 2.14. The van der Waals surface area contributed by atoms with Crippen LogP contribution in [0.4, 0.5) is 0 Å². The maximum atomic E-state index is 2.56. The number of hydrogen-bond donors (Lipinski definition) is 0. The molecule has 0 heterocycles. The molecule has 0 aromatic carbocycles. The smallest absolute Gasteiger partial charge is 0.0264 e. The van der Waals surface area contributed by atoms with E-state index in [-0.39, 0.29) is 0 Å². The van der Waals surface area contributed by atoms with Crippen molar-refractivity contribution < 1.29 is 0 Å². The van der Waals surface area contributed by atoms with E-state index < -0.39 is 0 Å². The normalized spacial score (nSPS) is 48.7. The highest BCUT2D eigenvalue weighted by atomic mass is 14.7. The van der Waals surface area contributed by atoms with Crippen molar-refractivity contribution in [3.8, 4) is 0 Å². The fourth-order valence-corrected chi connectivity index (χ4v) is 5.28. The lowest BCUT2D eigenvalue weighted by Gasteiger charge is -2.46. The lowest BCUT2D eigenvalue weighted by Crippen LogP contribution is -2.39. The third-order valence-corrected chi connectivity index (χ3v) is 7.06. The summed E-state index contributed by atoms with van der Waals surface area (Å²) in [5.74, 6) is 6.04. The second kappa shape index (κ2) is 5.17. The molecule has 2 rings (SSSR count). The van der Waals surface area contributed by atoms with Crippen molar-refractivity contribution in [2.45, 2.75) is 73.6 Å². The van der Waals surface area contributed by atoms with Crippen LogP contribution < -0.4 is 0 Å². The van der Waals surface area contributed by atoms with Crippen LogP contribution in [0.1, 0.15) is 73.6 Å². The fraction of sp³-hybridized carbons (Fsp3) is 1.00. The Hall–Kier alpha value is 0. The van der Waals surface area contributed by atoms with Gasteiger partial charge in [-0.25, -0.2) is 0 Å². The Bertz CT molecular complexity index is 282. The molecular weight excluding hydrogens is 216 g/mol. The zero-order chi connectivity index (χ0) is 13.5. The lowest BCUT2D eigenvalue weighted by molar-refractivity contribution is 0.0256. The first-order valence-corrected chi connectivity index (χ1v) is 8.47. The zero-order valence-electron chi connectivity index (χ0n) is 13.5. The minimum atomic E-state index is 0.687. The van der Waals surface area contributed by atoms with Crippen molar-refractivity contribution >= 4 is 0 Å². The molecule has 7 unspecified atom stereocenters. The van der Waals surface area contributed by atoms with Crippen LogP contribution in [0, 0.1) is 40.9 Å². The zero-order valence-corrected chi connectivity index (χ0v) is 13.5. The molecule has 0 radical (unpaired) electrons. The molecule has 7 atom stereocenters. The van der Waals surface area contributed by atoms with E-state index in [9.17, 15) is 0 Å². The van der Waals surface area contributed by atoms with Gasteiger partial charge in [-0.3, -0.25) is 0 Å². The topological polar surface area (TPSA) is 0 Å². The van der Waals surface area contributed by atoms with Gasteiger partial charge in [0.05, 0.1) is 0 Å². The van der Waals surface area contributed by atoms with Crippen LogP contribution in [0.15, 0.2) is 0 Å². The van der Waals surface area contributed by atoms with E-state index in [1.807, 2.05) is 0 Å². The average molecular weight is 250 g/mol. The van der Waals surface area contributed by atoms with Gasteiger partial charge in [0, 0.05) is 0 Å². The molecule has 2 aliphatic carbocycles. The Balaban J connectivity index is 1.90. The van der Waals surface area contributed by atoms with Gasteiger partial charge in [-0.1, -0.05) is 60.8 Å². The number of rotatable bonds is 6. The highest BCUT2D eigenvalue weighted by Gasteiger charge is 2.61. The maximum Gasteiger partial charge on any atom is -0.0264 e. The van der Waals surface area contributed by atoms with E-state index >= 15 is 0 Å². The van der Waals surface area contributed by atoms with Gasteiger partial charge in [0.25, 0.3) is 0 Å². The van der Waals surface area contributed by atoms with E-state index in [4.69, 9.17) is 0 Å². The molecular formula is C18H34. The quantitative estimate of drug-likeness (QED) is 0.561. The van der Waals surface area contributed by atoms with Crippen LogP contribution in [0.3, 0.4) is 0 Å². The van der Waals surface area contributed by atoms with E-state index in [0.717, 1.165) is 35.5 Å². The SMILES string of the molecule is CCCCC1(C)C(C)C1C(C)C1CC(CC)C1C. The summed E-state index contributed by atoms with van der Waals surface area (Å²) in [6, 6.07) is 0. The van der Waals surface area contributed by atoms with Gasteiger partial charge in [-0.15, -0.1) is 0 Å². The summed E-state index contributed by atoms with van der Waals surface area (Å²) >= 11 is 0. The summed E-state index contributed by atoms with van der Waals surface area (Å²) in [5.41, 5.74) is 0.687. The van der Waals surface area contributed by atoms with Crippen LogP contribution in [0.2, 0.25) is 0 Å². The Morgan fingerprint density at radius 2 is 1.89 bits per heavy atom. The minimum absolute atomic E-state index is 0.687. The number of hydrogen-bond acceptors (Lipinski definition) is 0. The van der Waals surface area contributed by atoms with E-state index in [1.165, 1.54) is 32.1 Å². The van der Waals surface area contributed by atoms with E-state index in [0.29, 0.717) is 5.41 Å². The van der Waals surface area contributed by atoms with Crippen molar-refractivity contribution in [1.82, 2.24) is 0 Å². The van der Waals surface area contributed by atoms with E-state index in [2.05, 4.69) is 41.5 Å². The van der Waals surface area contributed by atoms with Gasteiger partial charge < -0.3 is 0 Å². The highest BCUT2D eigenvalue weighted by molar-refractivity contribution is 5.09. The van der Waals surface area contributed by atoms with Crippen LogP contribution in [0.5, 0.6) is 0 Å². The summed E-state index contributed by atoms with van der Waals surface area (Å²) in [5, 5.41) is 0. The molecule has 2 fully saturated rings. The predicted octanol–water partition coefficient (Wildman–Crippen LogP) is 5.77. The molecule has 0 saturated heterocycles. The molecule has 0 nitrogen and oxygen atoms in total. The Morgan fingerprint density at radius 1 is 1.22 bits per heavy atom. The van der Waals surface area contributed by atoms with Crippen molar-refractivity contribution in [2.24, 2.45) is 40.9 Å². The largest absolute Gasteiger partial charge is 0.0654 e. The van der Waals surface area contributed by atoms with Crippen molar-refractivity contribution in [1.29, 1.82) is 0 Å². The second-order valence-electron chi connectivity index (χ2n) is 7.71. The Morgan fingerprint density at radius 3 is 2.39 bits per heavy atom. The first-order chi connectivity index (χ1) is 8.47. The molecule has 0 aliphatic heterocycles. The molecule has 0 N–H and O–H groups in total. The maximum absolute atomic E-state index is 2.56. The highest BCUT2D eigenvalue weighted by Crippen LogP contribution is 2.67. The first kappa shape index (κ1) is 14.4. The summed E-state index contributed by atoms with van der Waals surface area (Å²) in [7, 11) is 0. The van der Waals surface area contributed by atoms with Gasteiger partial charge in [0.2, 0.25) is 0 Å². The van der Waals surface area contributed by atoms with Gasteiger partial charge >= 0.3 is 0 Å².